The van der Waals surface area contributed by atoms with Crippen LogP contribution in [-0.2, 0) is 11.3 Å². The highest BCUT2D eigenvalue weighted by molar-refractivity contribution is 7.78. The maximum Gasteiger partial charge on any atom is 0.407 e. The Hall–Kier alpha value is -2.31. The monoisotopic (exact) mass is 374 g/mol. The van der Waals surface area contributed by atoms with Crippen LogP contribution in [0.25, 0.3) is 5.65 Å². The van der Waals surface area contributed by atoms with E-state index in [0.29, 0.717) is 11.3 Å². The van der Waals surface area contributed by atoms with Gasteiger partial charge in [0, 0.05) is 0 Å². The minimum atomic E-state index is -0.548. The summed E-state index contributed by atoms with van der Waals surface area (Å²) in [7, 11) is 0. The number of carbonyl (C=O) groups excluding carboxylic acids is 1. The van der Waals surface area contributed by atoms with E-state index in [2.05, 4.69) is 39.0 Å². The lowest BCUT2D eigenvalue weighted by atomic mass is 9.93. The summed E-state index contributed by atoms with van der Waals surface area (Å²) >= 11 is 4.19. The van der Waals surface area contributed by atoms with Crippen LogP contribution in [0.2, 0.25) is 0 Å². The van der Waals surface area contributed by atoms with Crippen molar-refractivity contribution < 1.29 is 9.53 Å². The van der Waals surface area contributed by atoms with Crippen molar-refractivity contribution in [3.05, 3.63) is 29.7 Å². The molecule has 0 radical (unpaired) electrons. The molecule has 1 atom stereocenters. The van der Waals surface area contributed by atoms with Crippen LogP contribution in [-0.4, -0.2) is 26.3 Å². The molecule has 1 unspecified atom stereocenters. The molecule has 3 rings (SSSR count). The van der Waals surface area contributed by atoms with Gasteiger partial charge in [-0.3, -0.25) is 4.72 Å². The summed E-state index contributed by atoms with van der Waals surface area (Å²) in [5.41, 5.74) is 1.20. The molecule has 26 heavy (non-hydrogen) atoms. The fourth-order valence-electron chi connectivity index (χ4n) is 2.78. The van der Waals surface area contributed by atoms with Crippen LogP contribution in [0.4, 0.5) is 4.79 Å². The first-order valence-corrected chi connectivity index (χ1v) is 8.83. The molecule has 1 amide bonds. The number of amides is 1. The Morgan fingerprint density at radius 2 is 2.27 bits per heavy atom. The van der Waals surface area contributed by atoms with E-state index in [1.54, 1.807) is 16.9 Å². The van der Waals surface area contributed by atoms with Gasteiger partial charge in [0.2, 0.25) is 0 Å². The Labute approximate surface area is 157 Å². The molecule has 1 aliphatic carbocycles. The van der Waals surface area contributed by atoms with Crippen molar-refractivity contribution in [3.8, 4) is 6.07 Å². The van der Waals surface area contributed by atoms with Gasteiger partial charge in [-0.25, -0.2) is 14.3 Å². The Morgan fingerprint density at radius 3 is 2.85 bits per heavy atom. The quantitative estimate of drug-likeness (QED) is 0.695. The highest BCUT2D eigenvalue weighted by atomic mass is 32.1. The molecule has 0 aromatic carbocycles. The van der Waals surface area contributed by atoms with Crippen molar-refractivity contribution >= 4 is 24.6 Å². The highest BCUT2D eigenvalue weighted by Gasteiger charge is 2.50. The fourth-order valence-corrected chi connectivity index (χ4v) is 3.17. The Morgan fingerprint density at radius 1 is 1.54 bits per heavy atom. The summed E-state index contributed by atoms with van der Waals surface area (Å²) in [5, 5.41) is 16.5. The van der Waals surface area contributed by atoms with Gasteiger partial charge in [-0.2, -0.15) is 10.4 Å². The number of nitrogens with one attached hydrogen (secondary N) is 2. The van der Waals surface area contributed by atoms with E-state index in [-0.39, 0.29) is 12.6 Å². The van der Waals surface area contributed by atoms with E-state index < -0.39 is 17.1 Å². The van der Waals surface area contributed by atoms with Gasteiger partial charge in [-0.05, 0) is 45.2 Å². The van der Waals surface area contributed by atoms with Crippen molar-refractivity contribution in [2.24, 2.45) is 5.41 Å². The van der Waals surface area contributed by atoms with E-state index in [1.165, 1.54) is 0 Å². The predicted molar refractivity (Wildman–Crippen MR) is 98.2 cm³/mol. The second kappa shape index (κ2) is 6.78. The Balaban J connectivity index is 1.74. The molecule has 1 saturated carbocycles. The second-order valence-electron chi connectivity index (χ2n) is 7.51. The van der Waals surface area contributed by atoms with Gasteiger partial charge in [-0.1, -0.05) is 12.8 Å². The number of nitriles is 1. The molecular formula is C17H22N6O2S. The SMILES string of the molecule is CC(C)(C)OC(=O)NCc1cn2ncc(C(NS)C3(C#N)CC3)cc2n1. The van der Waals surface area contributed by atoms with Crippen LogP contribution in [0.3, 0.4) is 0 Å². The van der Waals surface area contributed by atoms with Crippen LogP contribution >= 0.6 is 12.8 Å². The fraction of sp³-hybridized carbons (Fsp3) is 0.529. The molecule has 2 heterocycles. The summed E-state index contributed by atoms with van der Waals surface area (Å²) in [6, 6.07) is 4.06. The third-order valence-electron chi connectivity index (χ3n) is 4.23. The van der Waals surface area contributed by atoms with Gasteiger partial charge in [0.1, 0.15) is 5.60 Å². The van der Waals surface area contributed by atoms with E-state index in [9.17, 15) is 10.1 Å². The molecule has 138 valence electrons. The van der Waals surface area contributed by atoms with Crippen LogP contribution in [0.1, 0.15) is 50.9 Å². The first kappa shape index (κ1) is 18.5. The predicted octanol–water partition coefficient (Wildman–Crippen LogP) is 2.53. The average Bonchev–Trinajstić information content (AvgIpc) is 3.24. The number of alkyl carbamates (subject to hydrolysis) is 1. The molecule has 2 aromatic heterocycles. The molecule has 0 saturated heterocycles. The molecule has 9 heteroatoms. The Kier molecular flexibility index (Phi) is 4.82. The van der Waals surface area contributed by atoms with Crippen molar-refractivity contribution in [1.82, 2.24) is 24.6 Å². The molecule has 0 aliphatic heterocycles. The van der Waals surface area contributed by atoms with Crippen molar-refractivity contribution in [3.63, 3.8) is 0 Å². The summed E-state index contributed by atoms with van der Waals surface area (Å²) in [6.45, 7) is 5.66. The maximum absolute atomic E-state index is 11.7. The number of hydrogen-bond donors (Lipinski definition) is 3. The zero-order valence-corrected chi connectivity index (χ0v) is 15.9. The molecule has 2 N–H and O–H groups in total. The second-order valence-corrected chi connectivity index (χ2v) is 7.77. The van der Waals surface area contributed by atoms with E-state index in [0.717, 1.165) is 18.4 Å². The molecule has 0 bridgehead atoms. The summed E-state index contributed by atoms with van der Waals surface area (Å²) in [6.07, 6.45) is 4.65. The maximum atomic E-state index is 11.7. The smallest absolute Gasteiger partial charge is 0.407 e. The lowest BCUT2D eigenvalue weighted by Gasteiger charge is -2.20. The first-order chi connectivity index (χ1) is 12.3. The third kappa shape index (κ3) is 3.92. The first-order valence-electron chi connectivity index (χ1n) is 8.38. The molecule has 1 aliphatic rings. The van der Waals surface area contributed by atoms with Crippen molar-refractivity contribution in [2.75, 3.05) is 0 Å². The van der Waals surface area contributed by atoms with Gasteiger partial charge in [0.25, 0.3) is 0 Å². The van der Waals surface area contributed by atoms with Crippen molar-refractivity contribution in [2.45, 2.75) is 51.8 Å². The average molecular weight is 374 g/mol. The van der Waals surface area contributed by atoms with Crippen LogP contribution in [0, 0.1) is 16.7 Å². The number of nitrogens with zero attached hydrogens (tertiary/aromatic N) is 4. The van der Waals surface area contributed by atoms with Crippen molar-refractivity contribution in [1.29, 1.82) is 5.26 Å². The lowest BCUT2D eigenvalue weighted by Crippen LogP contribution is -2.32. The van der Waals surface area contributed by atoms with Gasteiger partial charge in [0.15, 0.2) is 5.65 Å². The summed E-state index contributed by atoms with van der Waals surface area (Å²) < 4.78 is 9.77. The van der Waals surface area contributed by atoms with Crippen LogP contribution < -0.4 is 10.0 Å². The Bertz CT molecular complexity index is 862. The number of carbonyl (C=O) groups is 1. The number of thiol groups is 1. The zero-order chi connectivity index (χ0) is 18.9. The number of hydrogen-bond acceptors (Lipinski definition) is 7. The number of fused-ring (bicyclic) bond motifs is 1. The number of ether oxygens (including phenoxy) is 1. The van der Waals surface area contributed by atoms with E-state index in [4.69, 9.17) is 4.74 Å². The van der Waals surface area contributed by atoms with E-state index >= 15 is 0 Å². The summed E-state index contributed by atoms with van der Waals surface area (Å²) in [4.78, 5) is 16.2. The third-order valence-corrected chi connectivity index (χ3v) is 4.49. The molecule has 8 nitrogen and oxygen atoms in total. The highest BCUT2D eigenvalue weighted by Crippen LogP contribution is 2.54. The topological polar surface area (TPSA) is 104 Å². The molecule has 1 fully saturated rings. The number of rotatable bonds is 5. The van der Waals surface area contributed by atoms with Gasteiger partial charge in [-0.15, -0.1) is 0 Å². The minimum Gasteiger partial charge on any atom is -0.444 e. The standard InChI is InChI=1S/C17H22N6O2S/c1-16(2,3)25-15(24)19-8-12-9-23-13(21-12)6-11(7-20-23)14(22-26)17(10-18)4-5-17/h6-7,9,14,22,26H,4-5,8H2,1-3H3,(H,19,24). The molecule has 2 aromatic rings. The van der Waals surface area contributed by atoms with Crippen LogP contribution in [0.15, 0.2) is 18.5 Å². The van der Waals surface area contributed by atoms with Gasteiger partial charge < -0.3 is 10.1 Å². The number of aromatic nitrogens is 3. The van der Waals surface area contributed by atoms with Gasteiger partial charge in [0.05, 0.1) is 42.2 Å². The lowest BCUT2D eigenvalue weighted by molar-refractivity contribution is 0.0523. The van der Waals surface area contributed by atoms with Crippen LogP contribution in [0.5, 0.6) is 0 Å². The number of imidazole rings is 1. The normalized spacial score (nSPS) is 16.7. The minimum absolute atomic E-state index is 0.201. The van der Waals surface area contributed by atoms with E-state index in [1.807, 2.05) is 26.8 Å². The van der Waals surface area contributed by atoms with Gasteiger partial charge >= 0.3 is 6.09 Å². The summed E-state index contributed by atoms with van der Waals surface area (Å²) in [5.74, 6) is 0. The molecule has 0 spiro atoms. The molecular weight excluding hydrogens is 352 g/mol. The zero-order valence-electron chi connectivity index (χ0n) is 15.0. The largest absolute Gasteiger partial charge is 0.444 e.